The Balaban J connectivity index is 5.36. The summed E-state index contributed by atoms with van der Waals surface area (Å²) in [5.74, 6) is 0. The quantitative estimate of drug-likeness (QED) is 0.767. The van der Waals surface area contributed by atoms with Gasteiger partial charge in [0.2, 0.25) is 0 Å². The molecular weight excluding hydrogens is 248 g/mol. The van der Waals surface area contributed by atoms with E-state index in [9.17, 15) is 16.8 Å². The van der Waals surface area contributed by atoms with E-state index >= 15 is 0 Å². The summed E-state index contributed by atoms with van der Waals surface area (Å²) in [6.45, 7) is 9.15. The minimum absolute atomic E-state index is 0.785. The molecule has 0 aliphatic carbocycles. The van der Waals surface area contributed by atoms with Crippen molar-refractivity contribution in [3.8, 4) is 0 Å². The number of rotatable bonds is 2. The van der Waals surface area contributed by atoms with Crippen LogP contribution in [0, 0.1) is 0 Å². The maximum Gasteiger partial charge on any atom is 0.177 e. The Morgan fingerprint density at radius 2 is 0.812 bits per heavy atom. The van der Waals surface area contributed by atoms with Crippen LogP contribution in [0.15, 0.2) is 10.8 Å². The molecule has 0 aromatic rings. The lowest BCUT2D eigenvalue weighted by Gasteiger charge is -2.18. The molecule has 0 saturated heterocycles. The first-order chi connectivity index (χ1) is 6.71. The van der Waals surface area contributed by atoms with E-state index < -0.39 is 29.2 Å². The fourth-order valence-electron chi connectivity index (χ4n) is 0.555. The second kappa shape index (κ2) is 4.14. The Kier molecular flexibility index (Phi) is 4.05. The summed E-state index contributed by atoms with van der Waals surface area (Å²) in [6.07, 6.45) is 0. The molecule has 0 bridgehead atoms. The third kappa shape index (κ3) is 3.59. The molecule has 96 valence electrons. The zero-order chi connectivity index (χ0) is 13.4. The molecule has 0 aliphatic rings. The molecular formula is C10H20O4S2. The van der Waals surface area contributed by atoms with Crippen LogP contribution in [0.5, 0.6) is 0 Å². The summed E-state index contributed by atoms with van der Waals surface area (Å²) < 4.78 is 44.7. The van der Waals surface area contributed by atoms with Crippen LogP contribution in [0.3, 0.4) is 0 Å². The maximum atomic E-state index is 11.7. The lowest BCUT2D eigenvalue weighted by Crippen LogP contribution is -2.28. The monoisotopic (exact) mass is 268 g/mol. The zero-order valence-corrected chi connectivity index (χ0v) is 12.2. The van der Waals surface area contributed by atoms with Gasteiger partial charge in [0.25, 0.3) is 0 Å². The zero-order valence-electron chi connectivity index (χ0n) is 10.6. The summed E-state index contributed by atoms with van der Waals surface area (Å²) in [7, 11) is -7.10. The third-order valence-electron chi connectivity index (χ3n) is 2.12. The van der Waals surface area contributed by atoms with Gasteiger partial charge in [0.05, 0.1) is 9.49 Å². The summed E-state index contributed by atoms with van der Waals surface area (Å²) >= 11 is 0. The molecule has 0 heterocycles. The maximum absolute atomic E-state index is 11.7. The van der Waals surface area contributed by atoms with E-state index in [1.54, 1.807) is 0 Å². The molecule has 0 aromatic carbocycles. The topological polar surface area (TPSA) is 68.3 Å². The lowest BCUT2D eigenvalue weighted by molar-refractivity contribution is 0.566. The average Bonchev–Trinajstić information content (AvgIpc) is 1.97. The van der Waals surface area contributed by atoms with Crippen molar-refractivity contribution in [1.82, 2.24) is 0 Å². The van der Waals surface area contributed by atoms with Crippen LogP contribution in [0.1, 0.15) is 41.5 Å². The Labute approximate surface area is 98.6 Å². The highest BCUT2D eigenvalue weighted by Crippen LogP contribution is 2.21. The minimum Gasteiger partial charge on any atom is -0.224 e. The van der Waals surface area contributed by atoms with Gasteiger partial charge in [-0.25, -0.2) is 16.8 Å². The minimum atomic E-state index is -3.55. The van der Waals surface area contributed by atoms with Crippen LogP contribution < -0.4 is 0 Å². The van der Waals surface area contributed by atoms with Crippen molar-refractivity contribution in [1.29, 1.82) is 0 Å². The fraction of sp³-hybridized carbons (Fsp3) is 0.800. The Morgan fingerprint density at radius 1 is 0.625 bits per heavy atom. The molecule has 0 rings (SSSR count). The van der Waals surface area contributed by atoms with Crippen LogP contribution in [0.2, 0.25) is 0 Å². The molecule has 0 radical (unpaired) electrons. The van der Waals surface area contributed by atoms with E-state index in [4.69, 9.17) is 0 Å². The predicted octanol–water partition coefficient (Wildman–Crippen LogP) is 1.88. The van der Waals surface area contributed by atoms with Crippen molar-refractivity contribution in [2.75, 3.05) is 0 Å². The molecule has 0 aliphatic heterocycles. The van der Waals surface area contributed by atoms with E-state index in [2.05, 4.69) is 0 Å². The van der Waals surface area contributed by atoms with E-state index in [-0.39, 0.29) is 0 Å². The molecule has 16 heavy (non-hydrogen) atoms. The van der Waals surface area contributed by atoms with Crippen molar-refractivity contribution < 1.29 is 16.8 Å². The summed E-state index contributed by atoms with van der Waals surface area (Å²) in [5, 5.41) is 1.57. The first-order valence-electron chi connectivity index (χ1n) is 4.88. The van der Waals surface area contributed by atoms with E-state index in [0.717, 1.165) is 10.8 Å². The molecule has 0 saturated carbocycles. The molecule has 0 fully saturated rings. The largest absolute Gasteiger partial charge is 0.224 e. The molecule has 0 aromatic heterocycles. The highest BCUT2D eigenvalue weighted by Gasteiger charge is 2.30. The van der Waals surface area contributed by atoms with Crippen molar-refractivity contribution in [3.05, 3.63) is 10.8 Å². The van der Waals surface area contributed by atoms with Crippen LogP contribution in [0.4, 0.5) is 0 Å². The van der Waals surface area contributed by atoms with Gasteiger partial charge in [0.15, 0.2) is 19.7 Å². The number of hydrogen-bond donors (Lipinski definition) is 0. The first kappa shape index (κ1) is 15.6. The van der Waals surface area contributed by atoms with Gasteiger partial charge in [-0.1, -0.05) is 0 Å². The van der Waals surface area contributed by atoms with E-state index in [0.29, 0.717) is 0 Å². The van der Waals surface area contributed by atoms with Gasteiger partial charge in [-0.15, -0.1) is 0 Å². The van der Waals surface area contributed by atoms with Crippen LogP contribution in [0.25, 0.3) is 0 Å². The van der Waals surface area contributed by atoms with Gasteiger partial charge in [-0.05, 0) is 41.5 Å². The second-order valence-electron chi connectivity index (χ2n) is 5.59. The van der Waals surface area contributed by atoms with Crippen molar-refractivity contribution in [3.63, 3.8) is 0 Å². The molecule has 0 amide bonds. The fourth-order valence-corrected chi connectivity index (χ4v) is 2.54. The smallest absolute Gasteiger partial charge is 0.177 e. The lowest BCUT2D eigenvalue weighted by atomic mass is 10.3. The van der Waals surface area contributed by atoms with Gasteiger partial charge >= 0.3 is 0 Å². The molecule has 4 nitrogen and oxygen atoms in total. The molecule has 0 atom stereocenters. The Hall–Kier alpha value is -0.360. The molecule has 0 unspecified atom stereocenters. The Bertz CT molecular complexity index is 422. The van der Waals surface area contributed by atoms with Gasteiger partial charge in [0, 0.05) is 10.8 Å². The SMILES string of the molecule is CC(C)(C)S(=O)(=O)/C=C\S(=O)(=O)C(C)(C)C. The normalized spacial score (nSPS) is 15.6. The number of sulfone groups is 2. The van der Waals surface area contributed by atoms with Crippen LogP contribution in [-0.2, 0) is 19.7 Å². The van der Waals surface area contributed by atoms with E-state index in [1.807, 2.05) is 0 Å². The molecule has 0 N–H and O–H groups in total. The average molecular weight is 268 g/mol. The van der Waals surface area contributed by atoms with Crippen molar-refractivity contribution >= 4 is 19.7 Å². The summed E-state index contributed by atoms with van der Waals surface area (Å²) in [5.41, 5.74) is 0. The van der Waals surface area contributed by atoms with Gasteiger partial charge < -0.3 is 0 Å². The molecule has 6 heteroatoms. The molecule has 0 spiro atoms. The van der Waals surface area contributed by atoms with Crippen molar-refractivity contribution in [2.45, 2.75) is 51.0 Å². The summed E-state index contributed by atoms with van der Waals surface area (Å²) in [6, 6.07) is 0. The highest BCUT2D eigenvalue weighted by molar-refractivity contribution is 7.99. The second-order valence-corrected chi connectivity index (χ2v) is 10.8. The standard InChI is InChI=1S/C10H20O4S2/c1-9(2,3)15(11,12)7-8-16(13,14)10(4,5)6/h7-8H,1-6H3/b8-7-. The van der Waals surface area contributed by atoms with Crippen molar-refractivity contribution in [2.24, 2.45) is 0 Å². The summed E-state index contributed by atoms with van der Waals surface area (Å²) in [4.78, 5) is 0. The van der Waals surface area contributed by atoms with Gasteiger partial charge in [0.1, 0.15) is 0 Å². The van der Waals surface area contributed by atoms with E-state index in [1.165, 1.54) is 41.5 Å². The van der Waals surface area contributed by atoms with Crippen LogP contribution >= 0.6 is 0 Å². The predicted molar refractivity (Wildman–Crippen MR) is 66.5 cm³/mol. The first-order valence-corrected chi connectivity index (χ1v) is 7.97. The Morgan fingerprint density at radius 3 is 0.938 bits per heavy atom. The number of hydrogen-bond acceptors (Lipinski definition) is 4. The van der Waals surface area contributed by atoms with Crippen LogP contribution in [-0.4, -0.2) is 26.3 Å². The van der Waals surface area contributed by atoms with Gasteiger partial charge in [-0.2, -0.15) is 0 Å². The highest BCUT2D eigenvalue weighted by atomic mass is 32.2. The third-order valence-corrected chi connectivity index (χ3v) is 6.70. The van der Waals surface area contributed by atoms with Gasteiger partial charge in [-0.3, -0.25) is 0 Å².